The highest BCUT2D eigenvalue weighted by Gasteiger charge is 2.20. The van der Waals surface area contributed by atoms with Crippen LogP contribution in [0, 0.1) is 19.3 Å². The molecule has 0 aliphatic carbocycles. The van der Waals surface area contributed by atoms with Gasteiger partial charge in [0.1, 0.15) is 11.6 Å². The molecule has 3 N–H and O–H groups in total. The topological polar surface area (TPSA) is 103 Å². The Labute approximate surface area is 212 Å². The molecule has 0 aliphatic heterocycles. The fraction of sp³-hybridized carbons (Fsp3) is 0.107. The van der Waals surface area contributed by atoms with E-state index in [4.69, 9.17) is 12.3 Å². The number of aromatic nitrogens is 4. The summed E-state index contributed by atoms with van der Waals surface area (Å²) < 4.78 is 15.8. The number of benzene rings is 2. The quantitative estimate of drug-likeness (QED) is 0.311. The number of nitrogen functional groups attached to an aromatic ring is 1. The van der Waals surface area contributed by atoms with E-state index in [2.05, 4.69) is 25.1 Å². The Bertz CT molecular complexity index is 1760. The van der Waals surface area contributed by atoms with Crippen molar-refractivity contribution in [3.8, 4) is 16.8 Å². The molecule has 0 aliphatic rings. The molecule has 0 fully saturated rings. The molecule has 0 bridgehead atoms. The predicted molar refractivity (Wildman–Crippen MR) is 142 cm³/mol. The summed E-state index contributed by atoms with van der Waals surface area (Å²) in [5, 5.41) is 4.39. The van der Waals surface area contributed by atoms with Gasteiger partial charge in [0.2, 0.25) is 11.6 Å². The Hall–Kier alpha value is -5.10. The van der Waals surface area contributed by atoms with Crippen molar-refractivity contribution in [3.63, 3.8) is 0 Å². The summed E-state index contributed by atoms with van der Waals surface area (Å²) in [4.78, 5) is 30.0. The first kappa shape index (κ1) is 23.6. The number of anilines is 2. The number of fused-ring (bicyclic) bond motifs is 1. The summed E-state index contributed by atoms with van der Waals surface area (Å²) in [6.07, 6.45) is 4.81. The maximum absolute atomic E-state index is 14.3. The summed E-state index contributed by atoms with van der Waals surface area (Å²) in [7, 11) is 0. The molecule has 0 radical (unpaired) electrons. The van der Waals surface area contributed by atoms with Crippen LogP contribution in [0.5, 0.6) is 0 Å². The molecule has 3 aromatic heterocycles. The van der Waals surface area contributed by atoms with E-state index < -0.39 is 11.9 Å². The van der Waals surface area contributed by atoms with Gasteiger partial charge in [-0.3, -0.25) is 14.3 Å². The van der Waals surface area contributed by atoms with E-state index in [-0.39, 0.29) is 23.0 Å². The highest BCUT2D eigenvalue weighted by molar-refractivity contribution is 5.96. The molecular weight excluding hydrogens is 469 g/mol. The zero-order chi connectivity index (χ0) is 26.1. The smallest absolute Gasteiger partial charge is 0.263 e. The van der Waals surface area contributed by atoms with Crippen molar-refractivity contribution in [2.24, 2.45) is 0 Å². The fourth-order valence-corrected chi connectivity index (χ4v) is 4.38. The van der Waals surface area contributed by atoms with Gasteiger partial charge < -0.3 is 11.1 Å². The van der Waals surface area contributed by atoms with E-state index >= 15 is 0 Å². The van der Waals surface area contributed by atoms with Crippen LogP contribution in [0.3, 0.4) is 0 Å². The molecule has 9 heteroatoms. The van der Waals surface area contributed by atoms with Gasteiger partial charge in [0.15, 0.2) is 0 Å². The highest BCUT2D eigenvalue weighted by atomic mass is 19.1. The highest BCUT2D eigenvalue weighted by Crippen LogP contribution is 2.31. The third-order valence-electron chi connectivity index (χ3n) is 6.03. The van der Waals surface area contributed by atoms with Crippen LogP contribution in [-0.4, -0.2) is 19.5 Å². The van der Waals surface area contributed by atoms with E-state index in [0.29, 0.717) is 22.2 Å². The minimum absolute atomic E-state index is 0.0135. The number of hydrogen-bond donors (Lipinski definition) is 2. The van der Waals surface area contributed by atoms with E-state index in [0.717, 1.165) is 16.7 Å². The molecule has 2 aromatic carbocycles. The van der Waals surface area contributed by atoms with Gasteiger partial charge >= 0.3 is 0 Å². The summed E-state index contributed by atoms with van der Waals surface area (Å²) in [5.41, 5.74) is 9.07. The molecule has 0 spiro atoms. The second-order valence-electron chi connectivity index (χ2n) is 8.65. The standard InChI is InChI=1S/C28H22FN7O/c1-16-10-19(14-32-13-16)22-9-4-6-18-11-24(17(2)34-26-23(31-3)15-33-28(30)35-26)36(27(37)25(18)22)21-8-5-7-20(29)12-21/h4-15,17H,1-2H3,(H3,30,33,34,35)/t17-/m0/s1. The lowest BCUT2D eigenvalue weighted by Crippen LogP contribution is -2.26. The van der Waals surface area contributed by atoms with Crippen molar-refractivity contribution >= 4 is 28.2 Å². The number of rotatable bonds is 5. The van der Waals surface area contributed by atoms with Crippen LogP contribution in [0.2, 0.25) is 0 Å². The molecule has 1 atom stereocenters. The molecule has 0 saturated carbocycles. The van der Waals surface area contributed by atoms with Crippen molar-refractivity contribution in [3.05, 3.63) is 112 Å². The lowest BCUT2D eigenvalue weighted by Gasteiger charge is -2.22. The van der Waals surface area contributed by atoms with Gasteiger partial charge in [-0.15, -0.1) is 0 Å². The summed E-state index contributed by atoms with van der Waals surface area (Å²) in [6.45, 7) is 11.2. The molecule has 37 heavy (non-hydrogen) atoms. The van der Waals surface area contributed by atoms with Gasteiger partial charge in [0, 0.05) is 29.8 Å². The van der Waals surface area contributed by atoms with Gasteiger partial charge in [0.05, 0.1) is 23.7 Å². The van der Waals surface area contributed by atoms with Crippen LogP contribution < -0.4 is 16.6 Å². The molecule has 0 amide bonds. The molecule has 5 rings (SSSR count). The fourth-order valence-electron chi connectivity index (χ4n) is 4.38. The number of nitrogens with zero attached hydrogens (tertiary/aromatic N) is 5. The number of halogens is 1. The third-order valence-corrected chi connectivity index (χ3v) is 6.03. The lowest BCUT2D eigenvalue weighted by molar-refractivity contribution is 0.625. The Morgan fingerprint density at radius 3 is 2.68 bits per heavy atom. The predicted octanol–water partition coefficient (Wildman–Crippen LogP) is 5.60. The molecule has 5 aromatic rings. The normalized spacial score (nSPS) is 11.7. The van der Waals surface area contributed by atoms with Crippen molar-refractivity contribution in [1.82, 2.24) is 19.5 Å². The number of nitrogens with two attached hydrogens (primary N) is 1. The molecule has 0 saturated heterocycles. The van der Waals surface area contributed by atoms with Gasteiger partial charge in [-0.2, -0.15) is 0 Å². The Morgan fingerprint density at radius 2 is 1.92 bits per heavy atom. The Morgan fingerprint density at radius 1 is 1.11 bits per heavy atom. The lowest BCUT2D eigenvalue weighted by atomic mass is 9.98. The summed E-state index contributed by atoms with van der Waals surface area (Å²) in [5.74, 6) is -0.210. The first-order valence-corrected chi connectivity index (χ1v) is 11.5. The first-order valence-electron chi connectivity index (χ1n) is 11.5. The van der Waals surface area contributed by atoms with Crippen molar-refractivity contribution in [1.29, 1.82) is 0 Å². The number of nitrogens with one attached hydrogen (secondary N) is 1. The van der Waals surface area contributed by atoms with Crippen molar-refractivity contribution in [2.75, 3.05) is 11.1 Å². The van der Waals surface area contributed by atoms with Gasteiger partial charge in [-0.25, -0.2) is 19.2 Å². The number of aryl methyl sites for hydroxylation is 1. The third kappa shape index (κ3) is 4.48. The summed E-state index contributed by atoms with van der Waals surface area (Å²) in [6, 6.07) is 14.8. The second-order valence-corrected chi connectivity index (χ2v) is 8.65. The number of pyridine rings is 2. The largest absolute Gasteiger partial charge is 0.371 e. The number of hydrogen-bond acceptors (Lipinski definition) is 6. The van der Waals surface area contributed by atoms with Gasteiger partial charge in [-0.05, 0) is 60.7 Å². The van der Waals surface area contributed by atoms with E-state index in [1.54, 1.807) is 24.5 Å². The Kier molecular flexibility index (Phi) is 6.07. The molecular formula is C28H22FN7O. The second kappa shape index (κ2) is 9.51. The molecule has 3 heterocycles. The van der Waals surface area contributed by atoms with Crippen LogP contribution >= 0.6 is 0 Å². The average molecular weight is 492 g/mol. The van der Waals surface area contributed by atoms with Gasteiger partial charge in [0.25, 0.3) is 5.56 Å². The molecule has 8 nitrogen and oxygen atoms in total. The zero-order valence-corrected chi connectivity index (χ0v) is 20.1. The van der Waals surface area contributed by atoms with Crippen LogP contribution in [0.4, 0.5) is 21.8 Å². The van der Waals surface area contributed by atoms with E-state index in [1.165, 1.54) is 22.9 Å². The molecule has 182 valence electrons. The average Bonchev–Trinajstić information content (AvgIpc) is 2.88. The van der Waals surface area contributed by atoms with Crippen LogP contribution in [-0.2, 0) is 0 Å². The van der Waals surface area contributed by atoms with Crippen LogP contribution in [0.1, 0.15) is 24.2 Å². The van der Waals surface area contributed by atoms with Crippen molar-refractivity contribution in [2.45, 2.75) is 19.9 Å². The van der Waals surface area contributed by atoms with Gasteiger partial charge in [-0.1, -0.05) is 24.3 Å². The molecule has 0 unspecified atom stereocenters. The SMILES string of the molecule is [C-]#[N+]c1cnc(N)nc1N[C@@H](C)c1cc2cccc(-c3cncc(C)c3)c2c(=O)n1-c1cccc(F)c1. The van der Waals surface area contributed by atoms with E-state index in [1.807, 2.05) is 44.2 Å². The summed E-state index contributed by atoms with van der Waals surface area (Å²) >= 11 is 0. The van der Waals surface area contributed by atoms with E-state index in [9.17, 15) is 9.18 Å². The first-order chi connectivity index (χ1) is 17.9. The van der Waals surface area contributed by atoms with Crippen molar-refractivity contribution < 1.29 is 4.39 Å². The minimum atomic E-state index is -0.514. The maximum atomic E-state index is 14.3. The minimum Gasteiger partial charge on any atom is -0.371 e. The maximum Gasteiger partial charge on any atom is 0.263 e. The monoisotopic (exact) mass is 491 g/mol. The van der Waals surface area contributed by atoms with Crippen LogP contribution in [0.15, 0.2) is 78.0 Å². The van der Waals surface area contributed by atoms with Crippen LogP contribution in [0.25, 0.3) is 32.4 Å². The zero-order valence-electron chi connectivity index (χ0n) is 20.1. The Balaban J connectivity index is 1.77.